The molecule has 1 aromatic heterocycles. The van der Waals surface area contributed by atoms with Crippen LogP contribution < -0.4 is 5.73 Å². The molecule has 2 N–H and O–H groups in total. The predicted molar refractivity (Wildman–Crippen MR) is 88.6 cm³/mol. The van der Waals surface area contributed by atoms with Gasteiger partial charge in [-0.1, -0.05) is 19.0 Å². The number of oxime groups is 1. The first-order valence-electron chi connectivity index (χ1n) is 7.81. The molecule has 2 aliphatic rings. The van der Waals surface area contributed by atoms with Gasteiger partial charge in [0.1, 0.15) is 0 Å². The van der Waals surface area contributed by atoms with E-state index in [9.17, 15) is 14.4 Å². The van der Waals surface area contributed by atoms with Crippen molar-refractivity contribution < 1.29 is 24.0 Å². The Hall–Kier alpha value is -2.29. The quantitative estimate of drug-likeness (QED) is 0.372. The average molecular weight is 365 g/mol. The third-order valence-corrected chi connectivity index (χ3v) is 6.61. The number of nitrogens with zero attached hydrogens (tertiary/aromatic N) is 2. The first-order chi connectivity index (χ1) is 11.5. The lowest BCUT2D eigenvalue weighted by Gasteiger charge is -2.33. The molecule has 2 fully saturated rings. The summed E-state index contributed by atoms with van der Waals surface area (Å²) >= 11 is 1.20. The Morgan fingerprint density at radius 2 is 2.04 bits per heavy atom. The van der Waals surface area contributed by atoms with Crippen LogP contribution in [0.1, 0.15) is 43.5 Å². The van der Waals surface area contributed by atoms with Crippen molar-refractivity contribution in [1.82, 2.24) is 4.98 Å². The van der Waals surface area contributed by atoms with Gasteiger partial charge in [-0.15, -0.1) is 11.3 Å². The van der Waals surface area contributed by atoms with Gasteiger partial charge in [-0.25, -0.2) is 9.78 Å². The number of amides is 1. The summed E-state index contributed by atoms with van der Waals surface area (Å²) < 4.78 is 5.42. The second-order valence-corrected chi connectivity index (χ2v) is 8.37. The highest BCUT2D eigenvalue weighted by Gasteiger charge is 2.76. The maximum absolute atomic E-state index is 12.7. The minimum absolute atomic E-state index is 0.245. The van der Waals surface area contributed by atoms with Crippen LogP contribution in [0.3, 0.4) is 0 Å². The Morgan fingerprint density at radius 1 is 1.36 bits per heavy atom. The van der Waals surface area contributed by atoms with Crippen LogP contribution in [0.2, 0.25) is 0 Å². The Morgan fingerprint density at radius 3 is 2.48 bits per heavy atom. The number of aromatic nitrogens is 1. The lowest BCUT2D eigenvalue weighted by Crippen LogP contribution is -2.48. The monoisotopic (exact) mass is 365 g/mol. The molecule has 9 heteroatoms. The minimum atomic E-state index is -1.41. The highest BCUT2D eigenvalue weighted by molar-refractivity contribution is 7.14. The molecule has 1 saturated heterocycles. The van der Waals surface area contributed by atoms with E-state index in [1.165, 1.54) is 11.3 Å². The fourth-order valence-electron chi connectivity index (χ4n) is 3.52. The van der Waals surface area contributed by atoms with E-state index in [1.54, 1.807) is 27.0 Å². The molecular weight excluding hydrogens is 346 g/mol. The summed E-state index contributed by atoms with van der Waals surface area (Å²) in [5, 5.41) is 3.88. The molecule has 0 spiro atoms. The van der Waals surface area contributed by atoms with E-state index in [2.05, 4.69) is 10.1 Å². The first-order valence-corrected chi connectivity index (χ1v) is 8.62. The van der Waals surface area contributed by atoms with Crippen molar-refractivity contribution in [2.75, 3.05) is 0 Å². The van der Waals surface area contributed by atoms with E-state index in [-0.39, 0.29) is 10.7 Å². The summed E-state index contributed by atoms with van der Waals surface area (Å²) in [6, 6.07) is 0. The number of carbonyl (C=O) groups is 3. The molecule has 25 heavy (non-hydrogen) atoms. The van der Waals surface area contributed by atoms with Crippen molar-refractivity contribution >= 4 is 34.9 Å². The number of hydrogen-bond acceptors (Lipinski definition) is 8. The standard InChI is InChI=1S/C16H19N3O5S/c1-8-7-18-11(25-8)9(10(17)20)19-24-13(22)16-6-5-15(4,12(21)23-16)14(16,2)3/h7H,5-6H2,1-4H3,(H2,17,20). The zero-order valence-corrected chi connectivity index (χ0v) is 15.2. The summed E-state index contributed by atoms with van der Waals surface area (Å²) in [5.41, 5.74) is 2.14. The fourth-order valence-corrected chi connectivity index (χ4v) is 4.27. The minimum Gasteiger partial charge on any atom is -0.446 e. The lowest BCUT2D eigenvalue weighted by molar-refractivity contribution is -0.183. The molecule has 1 aliphatic carbocycles. The zero-order chi connectivity index (χ0) is 18.6. The Balaban J connectivity index is 1.90. The van der Waals surface area contributed by atoms with Crippen LogP contribution in [0, 0.1) is 17.8 Å². The lowest BCUT2D eigenvalue weighted by atomic mass is 9.66. The average Bonchev–Trinajstić information content (AvgIpc) is 3.07. The molecule has 1 saturated carbocycles. The molecule has 3 rings (SSSR count). The molecule has 1 aromatic rings. The molecule has 2 unspecified atom stereocenters. The summed E-state index contributed by atoms with van der Waals surface area (Å²) in [6.45, 7) is 7.20. The van der Waals surface area contributed by atoms with Crippen molar-refractivity contribution in [3.8, 4) is 0 Å². The number of carbonyl (C=O) groups excluding carboxylic acids is 3. The number of thiazole rings is 1. The molecule has 134 valence electrons. The van der Waals surface area contributed by atoms with Crippen molar-refractivity contribution in [3.05, 3.63) is 16.1 Å². The number of hydrogen-bond donors (Lipinski definition) is 1. The van der Waals surface area contributed by atoms with E-state index in [4.69, 9.17) is 15.3 Å². The van der Waals surface area contributed by atoms with Gasteiger partial charge < -0.3 is 15.3 Å². The van der Waals surface area contributed by atoms with E-state index in [1.807, 2.05) is 6.92 Å². The topological polar surface area (TPSA) is 121 Å². The summed E-state index contributed by atoms with van der Waals surface area (Å²) in [4.78, 5) is 46.4. The molecule has 0 aromatic carbocycles. The van der Waals surface area contributed by atoms with E-state index in [0.717, 1.165) is 4.88 Å². The molecule has 2 atom stereocenters. The van der Waals surface area contributed by atoms with Crippen LogP contribution in [0.15, 0.2) is 11.4 Å². The highest BCUT2D eigenvalue weighted by Crippen LogP contribution is 2.65. The van der Waals surface area contributed by atoms with Crippen LogP contribution in [0.25, 0.3) is 0 Å². The number of primary amides is 1. The van der Waals surface area contributed by atoms with Crippen LogP contribution >= 0.6 is 11.3 Å². The number of nitrogens with two attached hydrogens (primary N) is 1. The molecule has 8 nitrogen and oxygen atoms in total. The number of fused-ring (bicyclic) bond motifs is 2. The van der Waals surface area contributed by atoms with Gasteiger partial charge in [-0.05, 0) is 26.7 Å². The smallest absolute Gasteiger partial charge is 0.378 e. The predicted octanol–water partition coefficient (Wildman–Crippen LogP) is 1.31. The molecule has 2 bridgehead atoms. The second-order valence-electron chi connectivity index (χ2n) is 7.13. The Bertz CT molecular complexity index is 814. The van der Waals surface area contributed by atoms with Crippen molar-refractivity contribution in [1.29, 1.82) is 0 Å². The van der Waals surface area contributed by atoms with Crippen molar-refractivity contribution in [2.24, 2.45) is 21.7 Å². The van der Waals surface area contributed by atoms with Crippen LogP contribution in [0.4, 0.5) is 0 Å². The van der Waals surface area contributed by atoms with E-state index < -0.39 is 34.3 Å². The van der Waals surface area contributed by atoms with Crippen LogP contribution in [-0.2, 0) is 24.0 Å². The van der Waals surface area contributed by atoms with Crippen molar-refractivity contribution in [2.45, 2.75) is 46.1 Å². The molecule has 1 amide bonds. The molecule has 1 aliphatic heterocycles. The van der Waals surface area contributed by atoms with Gasteiger partial charge >= 0.3 is 11.9 Å². The third-order valence-electron chi connectivity index (χ3n) is 5.69. The molecule has 2 heterocycles. The molecule has 0 radical (unpaired) electrons. The maximum Gasteiger partial charge on any atom is 0.378 e. The summed E-state index contributed by atoms with van der Waals surface area (Å²) in [7, 11) is 0. The van der Waals surface area contributed by atoms with Crippen LogP contribution in [0.5, 0.6) is 0 Å². The molecular formula is C16H19N3O5S. The van der Waals surface area contributed by atoms with Gasteiger partial charge in [-0.3, -0.25) is 9.59 Å². The fraction of sp³-hybridized carbons (Fsp3) is 0.562. The zero-order valence-electron chi connectivity index (χ0n) is 14.4. The number of aryl methyl sites for hydroxylation is 1. The SMILES string of the molecule is Cc1cnc(C(=NOC(=O)C23CCC(C)(C(=O)O2)C3(C)C)C(N)=O)s1. The number of rotatable bonds is 4. The van der Waals surface area contributed by atoms with Crippen molar-refractivity contribution in [3.63, 3.8) is 0 Å². The second kappa shape index (κ2) is 5.35. The van der Waals surface area contributed by atoms with Gasteiger partial charge in [0, 0.05) is 16.5 Å². The van der Waals surface area contributed by atoms with Crippen LogP contribution in [-0.4, -0.2) is 34.1 Å². The highest BCUT2D eigenvalue weighted by atomic mass is 32.1. The van der Waals surface area contributed by atoms with E-state index >= 15 is 0 Å². The van der Waals surface area contributed by atoms with Gasteiger partial charge in [-0.2, -0.15) is 0 Å². The van der Waals surface area contributed by atoms with Gasteiger partial charge in [0.25, 0.3) is 5.91 Å². The Labute approximate surface area is 148 Å². The largest absolute Gasteiger partial charge is 0.446 e. The van der Waals surface area contributed by atoms with Gasteiger partial charge in [0.05, 0.1) is 5.41 Å². The number of ether oxygens (including phenoxy) is 1. The van der Waals surface area contributed by atoms with E-state index in [0.29, 0.717) is 12.8 Å². The normalized spacial score (nSPS) is 30.2. The summed E-state index contributed by atoms with van der Waals surface area (Å²) in [6.07, 6.45) is 2.42. The Kier molecular flexibility index (Phi) is 3.75. The maximum atomic E-state index is 12.7. The van der Waals surface area contributed by atoms with Gasteiger partial charge in [0.2, 0.25) is 11.3 Å². The number of esters is 1. The summed E-state index contributed by atoms with van der Waals surface area (Å²) in [5.74, 6) is -2.09. The van der Waals surface area contributed by atoms with Gasteiger partial charge in [0.15, 0.2) is 5.01 Å². The first kappa shape index (κ1) is 17.5. The third kappa shape index (κ3) is 2.21.